The Hall–Kier alpha value is -1.49. The van der Waals surface area contributed by atoms with Crippen molar-refractivity contribution >= 4 is 11.6 Å². The molecule has 1 rings (SSSR count). The van der Waals surface area contributed by atoms with Crippen LogP contribution >= 0.6 is 0 Å². The van der Waals surface area contributed by atoms with Crippen LogP contribution in [0.5, 0.6) is 0 Å². The molecule has 1 aromatic rings. The number of amides is 1. The van der Waals surface area contributed by atoms with Crippen molar-refractivity contribution in [2.75, 3.05) is 5.73 Å². The number of nitrogens with two attached hydrogens (primary N) is 1. The third kappa shape index (κ3) is 3.26. The molecular formula is C13H23N3O2. The van der Waals surface area contributed by atoms with Crippen molar-refractivity contribution < 1.29 is 9.90 Å². The molecule has 4 N–H and O–H groups in total. The average molecular weight is 253 g/mol. The highest BCUT2D eigenvalue weighted by molar-refractivity contribution is 5.94. The monoisotopic (exact) mass is 253 g/mol. The Kier molecular flexibility index (Phi) is 4.40. The van der Waals surface area contributed by atoms with E-state index in [-0.39, 0.29) is 5.91 Å². The molecule has 0 saturated carbocycles. The molecule has 0 aliphatic heterocycles. The second kappa shape index (κ2) is 5.44. The number of nitrogens with zero attached hydrogens (tertiary/aromatic N) is 1. The zero-order valence-electron chi connectivity index (χ0n) is 11.5. The molecule has 0 fully saturated rings. The van der Waals surface area contributed by atoms with Crippen LogP contribution in [0, 0.1) is 0 Å². The third-order valence-electron chi connectivity index (χ3n) is 3.10. The molecule has 0 saturated heterocycles. The van der Waals surface area contributed by atoms with E-state index < -0.39 is 11.6 Å². The highest BCUT2D eigenvalue weighted by Crippen LogP contribution is 2.14. The molecule has 1 unspecified atom stereocenters. The molecule has 5 nitrogen and oxygen atoms in total. The number of hydrogen-bond acceptors (Lipinski definition) is 3. The van der Waals surface area contributed by atoms with Crippen LogP contribution in [0.4, 0.5) is 5.69 Å². The minimum Gasteiger partial charge on any atom is -0.397 e. The lowest BCUT2D eigenvalue weighted by Crippen LogP contribution is -2.51. The molecule has 0 aliphatic rings. The number of anilines is 1. The number of aryl methyl sites for hydroxylation is 1. The van der Waals surface area contributed by atoms with Gasteiger partial charge in [-0.25, -0.2) is 0 Å². The SMILES string of the molecule is CCCn1cc(N)cc1C(=O)NC(C)(C)C(C)O. The molecule has 5 heteroatoms. The lowest BCUT2D eigenvalue weighted by atomic mass is 9.98. The Bertz CT molecular complexity index is 422. The lowest BCUT2D eigenvalue weighted by molar-refractivity contribution is 0.0702. The fourth-order valence-corrected chi connectivity index (χ4v) is 1.61. The van der Waals surface area contributed by atoms with Gasteiger partial charge in [0.05, 0.1) is 17.3 Å². The van der Waals surface area contributed by atoms with Gasteiger partial charge in [-0.2, -0.15) is 0 Å². The zero-order valence-corrected chi connectivity index (χ0v) is 11.5. The highest BCUT2D eigenvalue weighted by Gasteiger charge is 2.27. The van der Waals surface area contributed by atoms with Gasteiger partial charge in [0, 0.05) is 12.7 Å². The van der Waals surface area contributed by atoms with Crippen LogP contribution in [-0.4, -0.2) is 27.2 Å². The van der Waals surface area contributed by atoms with Gasteiger partial charge in [-0.15, -0.1) is 0 Å². The van der Waals surface area contributed by atoms with E-state index in [9.17, 15) is 9.90 Å². The zero-order chi connectivity index (χ0) is 13.9. The number of aliphatic hydroxyl groups excluding tert-OH is 1. The van der Waals surface area contributed by atoms with E-state index in [1.54, 1.807) is 33.0 Å². The molecular weight excluding hydrogens is 230 g/mol. The Morgan fingerprint density at radius 2 is 2.22 bits per heavy atom. The first-order valence-electron chi connectivity index (χ1n) is 6.24. The fraction of sp³-hybridized carbons (Fsp3) is 0.615. The minimum atomic E-state index is -0.673. The second-order valence-corrected chi connectivity index (χ2v) is 5.20. The second-order valence-electron chi connectivity index (χ2n) is 5.20. The Labute approximate surface area is 108 Å². The number of hydrogen-bond donors (Lipinski definition) is 3. The van der Waals surface area contributed by atoms with Crippen LogP contribution in [-0.2, 0) is 6.54 Å². The maximum absolute atomic E-state index is 12.2. The van der Waals surface area contributed by atoms with Gasteiger partial charge in [-0.05, 0) is 33.3 Å². The topological polar surface area (TPSA) is 80.3 Å². The van der Waals surface area contributed by atoms with Gasteiger partial charge in [-0.1, -0.05) is 6.92 Å². The van der Waals surface area contributed by atoms with Crippen molar-refractivity contribution in [1.82, 2.24) is 9.88 Å². The predicted molar refractivity (Wildman–Crippen MR) is 72.4 cm³/mol. The summed E-state index contributed by atoms with van der Waals surface area (Å²) in [5.41, 5.74) is 6.15. The van der Waals surface area contributed by atoms with E-state index in [2.05, 4.69) is 5.32 Å². The molecule has 0 bridgehead atoms. The number of carbonyl (C=O) groups excluding carboxylic acids is 1. The van der Waals surface area contributed by atoms with Crippen LogP contribution in [0.1, 0.15) is 44.6 Å². The van der Waals surface area contributed by atoms with Crippen molar-refractivity contribution in [2.45, 2.75) is 52.3 Å². The summed E-state index contributed by atoms with van der Waals surface area (Å²) in [6.45, 7) is 8.00. The number of rotatable bonds is 5. The molecule has 102 valence electrons. The Balaban J connectivity index is 2.90. The van der Waals surface area contributed by atoms with Crippen molar-refractivity contribution in [3.05, 3.63) is 18.0 Å². The lowest BCUT2D eigenvalue weighted by Gasteiger charge is -2.29. The summed E-state index contributed by atoms with van der Waals surface area (Å²) in [5, 5.41) is 12.4. The number of aliphatic hydroxyl groups is 1. The molecule has 0 spiro atoms. The van der Waals surface area contributed by atoms with Gasteiger partial charge in [0.1, 0.15) is 5.69 Å². The van der Waals surface area contributed by atoms with Gasteiger partial charge >= 0.3 is 0 Å². The van der Waals surface area contributed by atoms with E-state index in [4.69, 9.17) is 5.73 Å². The van der Waals surface area contributed by atoms with Gasteiger partial charge in [0.25, 0.3) is 5.91 Å². The van der Waals surface area contributed by atoms with Crippen molar-refractivity contribution in [1.29, 1.82) is 0 Å². The van der Waals surface area contributed by atoms with E-state index in [0.717, 1.165) is 13.0 Å². The van der Waals surface area contributed by atoms with E-state index >= 15 is 0 Å². The summed E-state index contributed by atoms with van der Waals surface area (Å²) in [5.74, 6) is -0.217. The smallest absolute Gasteiger partial charge is 0.268 e. The van der Waals surface area contributed by atoms with Crippen LogP contribution in [0.3, 0.4) is 0 Å². The Morgan fingerprint density at radius 3 is 2.72 bits per heavy atom. The van der Waals surface area contributed by atoms with E-state index in [0.29, 0.717) is 11.4 Å². The quantitative estimate of drug-likeness (QED) is 0.741. The minimum absolute atomic E-state index is 0.217. The first-order valence-corrected chi connectivity index (χ1v) is 6.24. The average Bonchev–Trinajstić information content (AvgIpc) is 2.59. The van der Waals surface area contributed by atoms with Crippen LogP contribution in [0.25, 0.3) is 0 Å². The van der Waals surface area contributed by atoms with Crippen molar-refractivity contribution in [3.8, 4) is 0 Å². The summed E-state index contributed by atoms with van der Waals surface area (Å²) in [4.78, 5) is 12.2. The summed E-state index contributed by atoms with van der Waals surface area (Å²) in [6.07, 6.45) is 2.05. The summed E-state index contributed by atoms with van der Waals surface area (Å²) < 4.78 is 1.84. The maximum Gasteiger partial charge on any atom is 0.268 e. The van der Waals surface area contributed by atoms with E-state index in [1.807, 2.05) is 11.5 Å². The summed E-state index contributed by atoms with van der Waals surface area (Å²) in [7, 11) is 0. The van der Waals surface area contributed by atoms with Crippen LogP contribution in [0.15, 0.2) is 12.3 Å². The molecule has 0 aliphatic carbocycles. The Morgan fingerprint density at radius 1 is 1.61 bits per heavy atom. The normalized spacial score (nSPS) is 13.4. The fourth-order valence-electron chi connectivity index (χ4n) is 1.61. The van der Waals surface area contributed by atoms with Crippen LogP contribution in [0.2, 0.25) is 0 Å². The summed E-state index contributed by atoms with van der Waals surface area (Å²) >= 11 is 0. The van der Waals surface area contributed by atoms with Gasteiger partial charge < -0.3 is 20.7 Å². The molecule has 1 amide bonds. The third-order valence-corrected chi connectivity index (χ3v) is 3.10. The first-order chi connectivity index (χ1) is 8.27. The number of nitrogen functional groups attached to an aromatic ring is 1. The van der Waals surface area contributed by atoms with Gasteiger partial charge in [0.2, 0.25) is 0 Å². The molecule has 18 heavy (non-hydrogen) atoms. The van der Waals surface area contributed by atoms with Crippen molar-refractivity contribution in [3.63, 3.8) is 0 Å². The summed E-state index contributed by atoms with van der Waals surface area (Å²) in [6, 6.07) is 1.66. The standard InChI is InChI=1S/C13H23N3O2/c1-5-6-16-8-10(14)7-11(16)12(18)15-13(3,4)9(2)17/h7-9,17H,5-6,14H2,1-4H3,(H,15,18). The predicted octanol–water partition coefficient (Wildman–Crippen LogP) is 1.37. The molecule has 1 atom stereocenters. The number of nitrogens with one attached hydrogen (secondary N) is 1. The number of aromatic nitrogens is 1. The van der Waals surface area contributed by atoms with Gasteiger partial charge in [-0.3, -0.25) is 4.79 Å². The molecule has 0 radical (unpaired) electrons. The van der Waals surface area contributed by atoms with E-state index in [1.165, 1.54) is 0 Å². The molecule has 0 aromatic carbocycles. The van der Waals surface area contributed by atoms with Crippen molar-refractivity contribution in [2.24, 2.45) is 0 Å². The van der Waals surface area contributed by atoms with Crippen LogP contribution < -0.4 is 11.1 Å². The molecule has 1 aromatic heterocycles. The number of carbonyl (C=O) groups is 1. The van der Waals surface area contributed by atoms with Gasteiger partial charge in [0.15, 0.2) is 0 Å². The maximum atomic E-state index is 12.2. The molecule has 1 heterocycles. The largest absolute Gasteiger partial charge is 0.397 e. The highest BCUT2D eigenvalue weighted by atomic mass is 16.3. The first kappa shape index (κ1) is 14.6.